The van der Waals surface area contributed by atoms with Gasteiger partial charge < -0.3 is 4.98 Å². The smallest absolute Gasteiger partial charge is 0.156 e. The number of imidazole rings is 1. The maximum atomic E-state index is 5.66. The van der Waals surface area contributed by atoms with Gasteiger partial charge in [0.2, 0.25) is 0 Å². The van der Waals surface area contributed by atoms with E-state index < -0.39 is 0 Å². The summed E-state index contributed by atoms with van der Waals surface area (Å²) in [6.07, 6.45) is 1.80. The number of pyridine rings is 1. The van der Waals surface area contributed by atoms with Crippen molar-refractivity contribution in [2.75, 3.05) is 0 Å². The van der Waals surface area contributed by atoms with E-state index >= 15 is 0 Å². The van der Waals surface area contributed by atoms with Crippen LogP contribution in [0, 0.1) is 6.92 Å². The van der Waals surface area contributed by atoms with Gasteiger partial charge in [-0.2, -0.15) is 0 Å². The van der Waals surface area contributed by atoms with Crippen LogP contribution in [0.4, 0.5) is 0 Å². The molecular formula is C10H11Cl2N3. The number of hydrogen-bond acceptors (Lipinski definition) is 2. The first-order valence-corrected chi connectivity index (χ1v) is 4.87. The summed E-state index contributed by atoms with van der Waals surface area (Å²) in [7, 11) is 0. The number of aromatic amines is 1. The highest BCUT2D eigenvalue weighted by Gasteiger charge is 2.03. The predicted octanol–water partition coefficient (Wildman–Crippen LogP) is 2.94. The lowest BCUT2D eigenvalue weighted by molar-refractivity contribution is 1.15. The van der Waals surface area contributed by atoms with Crippen molar-refractivity contribution >= 4 is 24.0 Å². The van der Waals surface area contributed by atoms with Gasteiger partial charge in [-0.3, -0.25) is 0 Å². The first kappa shape index (κ1) is 12.0. The zero-order valence-corrected chi connectivity index (χ0v) is 9.77. The Morgan fingerprint density at radius 3 is 2.73 bits per heavy atom. The van der Waals surface area contributed by atoms with Gasteiger partial charge in [0.15, 0.2) is 5.82 Å². The maximum absolute atomic E-state index is 5.66. The number of nitrogens with zero attached hydrogens (tertiary/aromatic N) is 2. The van der Waals surface area contributed by atoms with Crippen molar-refractivity contribution in [2.24, 2.45) is 0 Å². The lowest BCUT2D eigenvalue weighted by Crippen LogP contribution is -1.88. The lowest BCUT2D eigenvalue weighted by Gasteiger charge is -1.96. The molecule has 15 heavy (non-hydrogen) atoms. The minimum Gasteiger partial charge on any atom is -0.343 e. The Hall–Kier alpha value is -1.06. The zero-order valence-electron chi connectivity index (χ0n) is 8.20. The Labute approximate surface area is 99.3 Å². The number of aryl methyl sites for hydroxylation is 1. The number of aromatic nitrogens is 3. The second-order valence-corrected chi connectivity index (χ2v) is 3.31. The van der Waals surface area contributed by atoms with Crippen LogP contribution in [0.15, 0.2) is 24.4 Å². The van der Waals surface area contributed by atoms with Crippen molar-refractivity contribution in [3.05, 3.63) is 35.8 Å². The Morgan fingerprint density at radius 2 is 2.13 bits per heavy atom. The van der Waals surface area contributed by atoms with Gasteiger partial charge in [-0.15, -0.1) is 24.0 Å². The van der Waals surface area contributed by atoms with Crippen LogP contribution >= 0.6 is 24.0 Å². The van der Waals surface area contributed by atoms with E-state index in [0.717, 1.165) is 22.9 Å². The summed E-state index contributed by atoms with van der Waals surface area (Å²) in [5.41, 5.74) is 2.66. The van der Waals surface area contributed by atoms with Crippen molar-refractivity contribution in [2.45, 2.75) is 12.8 Å². The molecule has 2 rings (SSSR count). The van der Waals surface area contributed by atoms with Crippen LogP contribution in [-0.2, 0) is 5.88 Å². The number of halogens is 2. The fraction of sp³-hybridized carbons (Fsp3) is 0.200. The van der Waals surface area contributed by atoms with Crippen LogP contribution in [0.25, 0.3) is 11.5 Å². The van der Waals surface area contributed by atoms with Crippen molar-refractivity contribution in [3.63, 3.8) is 0 Å². The summed E-state index contributed by atoms with van der Waals surface area (Å²) in [6.45, 7) is 1.95. The number of H-pyrrole nitrogens is 1. The van der Waals surface area contributed by atoms with Gasteiger partial charge in [0, 0.05) is 11.9 Å². The summed E-state index contributed by atoms with van der Waals surface area (Å²) < 4.78 is 0. The third-order valence-electron chi connectivity index (χ3n) is 1.90. The molecule has 0 bridgehead atoms. The molecule has 0 aliphatic heterocycles. The van der Waals surface area contributed by atoms with Crippen molar-refractivity contribution in [3.8, 4) is 11.5 Å². The van der Waals surface area contributed by atoms with E-state index in [4.69, 9.17) is 11.6 Å². The highest BCUT2D eigenvalue weighted by Crippen LogP contribution is 2.13. The number of nitrogens with one attached hydrogen (secondary N) is 1. The van der Waals surface area contributed by atoms with Crippen molar-refractivity contribution < 1.29 is 0 Å². The molecule has 2 aromatic heterocycles. The highest BCUT2D eigenvalue weighted by molar-refractivity contribution is 6.16. The van der Waals surface area contributed by atoms with Crippen molar-refractivity contribution in [1.82, 2.24) is 15.0 Å². The molecule has 0 unspecified atom stereocenters. The van der Waals surface area contributed by atoms with Crippen LogP contribution in [0.2, 0.25) is 0 Å². The number of hydrogen-bond donors (Lipinski definition) is 1. The monoisotopic (exact) mass is 243 g/mol. The van der Waals surface area contributed by atoms with E-state index in [1.165, 1.54) is 0 Å². The molecule has 0 aliphatic carbocycles. The maximum Gasteiger partial charge on any atom is 0.156 e. The van der Waals surface area contributed by atoms with Gasteiger partial charge in [0.25, 0.3) is 0 Å². The molecule has 0 aliphatic rings. The lowest BCUT2D eigenvalue weighted by atomic mass is 10.3. The molecule has 0 atom stereocenters. The molecule has 0 saturated carbocycles. The summed E-state index contributed by atoms with van der Waals surface area (Å²) in [4.78, 5) is 11.7. The first-order valence-electron chi connectivity index (χ1n) is 4.34. The van der Waals surface area contributed by atoms with Crippen molar-refractivity contribution in [1.29, 1.82) is 0 Å². The summed E-state index contributed by atoms with van der Waals surface area (Å²) in [6, 6.07) is 5.83. The van der Waals surface area contributed by atoms with E-state index in [9.17, 15) is 0 Å². The molecular weight excluding hydrogens is 233 g/mol. The Bertz CT molecular complexity index is 440. The minimum atomic E-state index is 0. The molecule has 0 saturated heterocycles. The Kier molecular flexibility index (Phi) is 4.12. The average Bonchev–Trinajstić information content (AvgIpc) is 2.66. The highest BCUT2D eigenvalue weighted by atomic mass is 35.5. The van der Waals surface area contributed by atoms with E-state index in [0.29, 0.717) is 5.88 Å². The van der Waals surface area contributed by atoms with E-state index in [1.807, 2.05) is 25.1 Å². The summed E-state index contributed by atoms with van der Waals surface area (Å²) >= 11 is 5.66. The molecule has 0 radical (unpaired) electrons. The zero-order chi connectivity index (χ0) is 9.97. The number of rotatable bonds is 2. The molecule has 1 N–H and O–H groups in total. The predicted molar refractivity (Wildman–Crippen MR) is 63.4 cm³/mol. The Balaban J connectivity index is 0.00000112. The molecule has 0 aromatic carbocycles. The second kappa shape index (κ2) is 5.14. The molecule has 3 nitrogen and oxygen atoms in total. The normalized spacial score (nSPS) is 9.73. The van der Waals surface area contributed by atoms with E-state index in [2.05, 4.69) is 15.0 Å². The van der Waals surface area contributed by atoms with Crippen LogP contribution in [0.3, 0.4) is 0 Å². The molecule has 0 amide bonds. The average molecular weight is 244 g/mol. The van der Waals surface area contributed by atoms with Crippen LogP contribution < -0.4 is 0 Å². The topological polar surface area (TPSA) is 41.6 Å². The van der Waals surface area contributed by atoms with Gasteiger partial charge in [-0.25, -0.2) is 9.97 Å². The van der Waals surface area contributed by atoms with E-state index in [1.54, 1.807) is 6.20 Å². The third-order valence-corrected chi connectivity index (χ3v) is 2.17. The third kappa shape index (κ3) is 2.70. The SMILES string of the molecule is Cc1cccc(-c2nc(CCl)c[nH]2)n1.Cl. The molecule has 2 aromatic rings. The largest absolute Gasteiger partial charge is 0.343 e. The molecule has 80 valence electrons. The molecule has 0 spiro atoms. The summed E-state index contributed by atoms with van der Waals surface area (Å²) in [5.74, 6) is 1.19. The number of alkyl halides is 1. The van der Waals surface area contributed by atoms with Gasteiger partial charge in [-0.1, -0.05) is 6.07 Å². The molecule has 2 heterocycles. The summed E-state index contributed by atoms with van der Waals surface area (Å²) in [5, 5.41) is 0. The second-order valence-electron chi connectivity index (χ2n) is 3.04. The minimum absolute atomic E-state index is 0. The van der Waals surface area contributed by atoms with Gasteiger partial charge >= 0.3 is 0 Å². The van der Waals surface area contributed by atoms with Crippen LogP contribution in [0.1, 0.15) is 11.4 Å². The first-order chi connectivity index (χ1) is 6.79. The fourth-order valence-corrected chi connectivity index (χ4v) is 1.37. The Morgan fingerprint density at radius 1 is 1.33 bits per heavy atom. The molecule has 0 fully saturated rings. The van der Waals surface area contributed by atoms with Gasteiger partial charge in [0.1, 0.15) is 5.69 Å². The quantitative estimate of drug-likeness (QED) is 0.825. The standard InChI is InChI=1S/C10H10ClN3.ClH/c1-7-3-2-4-9(13-7)10-12-6-8(5-11)14-10;/h2-4,6H,5H2,1H3,(H,12,14);1H. The van der Waals surface area contributed by atoms with Crippen LogP contribution in [0.5, 0.6) is 0 Å². The molecule has 5 heteroatoms. The van der Waals surface area contributed by atoms with E-state index in [-0.39, 0.29) is 12.4 Å². The van der Waals surface area contributed by atoms with Crippen LogP contribution in [-0.4, -0.2) is 15.0 Å². The fourth-order valence-electron chi connectivity index (χ4n) is 1.23. The van der Waals surface area contributed by atoms with Gasteiger partial charge in [0.05, 0.1) is 11.6 Å². The van der Waals surface area contributed by atoms with Gasteiger partial charge in [-0.05, 0) is 19.1 Å².